The van der Waals surface area contributed by atoms with Gasteiger partial charge in [0.2, 0.25) is 0 Å². The van der Waals surface area contributed by atoms with E-state index in [0.29, 0.717) is 11.5 Å². The third kappa shape index (κ3) is 4.64. The largest absolute Gasteiger partial charge is 0.479 e. The van der Waals surface area contributed by atoms with Gasteiger partial charge < -0.3 is 14.6 Å². The Hall–Kier alpha value is -2.70. The molecule has 2 aromatic rings. The SMILES string of the molecule is CC(Oc1ccc(Oc2ccc(C(F)(F)F)cc2)cc1)C(=O)O. The molecule has 0 aliphatic carbocycles. The molecule has 0 aliphatic heterocycles. The van der Waals surface area contributed by atoms with Gasteiger partial charge in [0.05, 0.1) is 5.56 Å². The monoisotopic (exact) mass is 326 g/mol. The van der Waals surface area contributed by atoms with E-state index in [0.717, 1.165) is 12.1 Å². The molecule has 122 valence electrons. The topological polar surface area (TPSA) is 55.8 Å². The van der Waals surface area contributed by atoms with Crippen LogP contribution in [0.5, 0.6) is 17.2 Å². The number of rotatable bonds is 5. The van der Waals surface area contributed by atoms with E-state index in [1.54, 1.807) is 0 Å². The lowest BCUT2D eigenvalue weighted by atomic mass is 10.2. The number of carbonyl (C=O) groups is 1. The molecule has 0 aromatic heterocycles. The first-order valence-corrected chi connectivity index (χ1v) is 6.60. The molecular weight excluding hydrogens is 313 g/mol. The minimum absolute atomic E-state index is 0.255. The number of halogens is 3. The molecule has 1 atom stereocenters. The summed E-state index contributed by atoms with van der Waals surface area (Å²) in [5.41, 5.74) is -0.753. The van der Waals surface area contributed by atoms with Crippen LogP contribution in [0.2, 0.25) is 0 Å². The highest BCUT2D eigenvalue weighted by atomic mass is 19.4. The standard InChI is InChI=1S/C16H13F3O4/c1-10(15(20)21)22-12-6-8-14(9-7-12)23-13-4-2-11(3-5-13)16(17,18)19/h2-10H,1H3,(H,20,21). The molecule has 2 rings (SSSR count). The number of carboxylic acids is 1. The van der Waals surface area contributed by atoms with Crippen LogP contribution >= 0.6 is 0 Å². The number of benzene rings is 2. The summed E-state index contributed by atoms with van der Waals surface area (Å²) < 4.78 is 47.9. The minimum Gasteiger partial charge on any atom is -0.479 e. The summed E-state index contributed by atoms with van der Waals surface area (Å²) in [7, 11) is 0. The highest BCUT2D eigenvalue weighted by Crippen LogP contribution is 2.31. The van der Waals surface area contributed by atoms with Crippen molar-refractivity contribution in [1.29, 1.82) is 0 Å². The predicted octanol–water partition coefficient (Wildman–Crippen LogP) is 4.35. The zero-order chi connectivity index (χ0) is 17.0. The summed E-state index contributed by atoms with van der Waals surface area (Å²) in [5.74, 6) is -0.0968. The van der Waals surface area contributed by atoms with Crippen molar-refractivity contribution in [1.82, 2.24) is 0 Å². The fourth-order valence-corrected chi connectivity index (χ4v) is 1.69. The van der Waals surface area contributed by atoms with Crippen molar-refractivity contribution < 1.29 is 32.5 Å². The van der Waals surface area contributed by atoms with E-state index in [4.69, 9.17) is 14.6 Å². The number of hydrogen-bond acceptors (Lipinski definition) is 3. The molecule has 1 N–H and O–H groups in total. The second-order valence-corrected chi connectivity index (χ2v) is 4.69. The Labute approximate surface area is 130 Å². The van der Waals surface area contributed by atoms with Crippen molar-refractivity contribution in [3.05, 3.63) is 54.1 Å². The first kappa shape index (κ1) is 16.7. The van der Waals surface area contributed by atoms with Gasteiger partial charge in [0.25, 0.3) is 0 Å². The van der Waals surface area contributed by atoms with Crippen LogP contribution < -0.4 is 9.47 Å². The Kier molecular flexibility index (Phi) is 4.78. The Bertz CT molecular complexity index is 663. The number of ether oxygens (including phenoxy) is 2. The zero-order valence-electron chi connectivity index (χ0n) is 12.0. The van der Waals surface area contributed by atoms with Gasteiger partial charge in [0, 0.05) is 0 Å². The lowest BCUT2D eigenvalue weighted by Gasteiger charge is -2.11. The van der Waals surface area contributed by atoms with Gasteiger partial charge in [-0.15, -0.1) is 0 Å². The first-order valence-electron chi connectivity index (χ1n) is 6.60. The van der Waals surface area contributed by atoms with Gasteiger partial charge >= 0.3 is 12.1 Å². The fourth-order valence-electron chi connectivity index (χ4n) is 1.69. The molecule has 0 saturated heterocycles. The number of alkyl halides is 3. The number of aliphatic carboxylic acids is 1. The van der Waals surface area contributed by atoms with Crippen LogP contribution in [0.25, 0.3) is 0 Å². The van der Waals surface area contributed by atoms with Crippen molar-refractivity contribution in [2.24, 2.45) is 0 Å². The van der Waals surface area contributed by atoms with Crippen LogP contribution in [0.3, 0.4) is 0 Å². The summed E-state index contributed by atoms with van der Waals surface area (Å²) in [4.78, 5) is 10.7. The molecule has 0 radical (unpaired) electrons. The molecule has 7 heteroatoms. The highest BCUT2D eigenvalue weighted by molar-refractivity contribution is 5.72. The quantitative estimate of drug-likeness (QED) is 0.887. The molecule has 0 heterocycles. The van der Waals surface area contributed by atoms with Crippen molar-refractivity contribution in [3.8, 4) is 17.2 Å². The van der Waals surface area contributed by atoms with Gasteiger partial charge in [-0.25, -0.2) is 4.79 Å². The van der Waals surface area contributed by atoms with E-state index in [1.165, 1.54) is 43.3 Å². The molecule has 0 bridgehead atoms. The van der Waals surface area contributed by atoms with Crippen molar-refractivity contribution in [3.63, 3.8) is 0 Å². The molecule has 0 spiro atoms. The second-order valence-electron chi connectivity index (χ2n) is 4.69. The Morgan fingerprint density at radius 3 is 1.83 bits per heavy atom. The van der Waals surface area contributed by atoms with Crippen LogP contribution in [-0.2, 0) is 11.0 Å². The van der Waals surface area contributed by atoms with Crippen LogP contribution in [0.15, 0.2) is 48.5 Å². The van der Waals surface area contributed by atoms with E-state index >= 15 is 0 Å². The van der Waals surface area contributed by atoms with Gasteiger partial charge in [-0.05, 0) is 55.5 Å². The first-order chi connectivity index (χ1) is 10.8. The lowest BCUT2D eigenvalue weighted by Crippen LogP contribution is -2.22. The van der Waals surface area contributed by atoms with Crippen LogP contribution in [0.1, 0.15) is 12.5 Å². The van der Waals surface area contributed by atoms with Gasteiger partial charge in [0.15, 0.2) is 6.10 Å². The highest BCUT2D eigenvalue weighted by Gasteiger charge is 2.30. The van der Waals surface area contributed by atoms with Crippen LogP contribution in [0, 0.1) is 0 Å². The van der Waals surface area contributed by atoms with Crippen LogP contribution in [0.4, 0.5) is 13.2 Å². The Balaban J connectivity index is 2.02. The molecule has 23 heavy (non-hydrogen) atoms. The lowest BCUT2D eigenvalue weighted by molar-refractivity contribution is -0.144. The summed E-state index contributed by atoms with van der Waals surface area (Å²) in [6.07, 6.45) is -5.38. The van der Waals surface area contributed by atoms with Gasteiger partial charge in [-0.1, -0.05) is 0 Å². The molecule has 4 nitrogen and oxygen atoms in total. The van der Waals surface area contributed by atoms with Crippen molar-refractivity contribution in [2.45, 2.75) is 19.2 Å². The van der Waals surface area contributed by atoms with Crippen LogP contribution in [-0.4, -0.2) is 17.2 Å². The van der Waals surface area contributed by atoms with Gasteiger partial charge in [0.1, 0.15) is 17.2 Å². The molecule has 0 saturated carbocycles. The summed E-state index contributed by atoms with van der Waals surface area (Å²) in [5, 5.41) is 8.74. The Morgan fingerprint density at radius 1 is 0.957 bits per heavy atom. The van der Waals surface area contributed by atoms with E-state index in [1.807, 2.05) is 0 Å². The summed E-state index contributed by atoms with van der Waals surface area (Å²) >= 11 is 0. The average Bonchev–Trinajstić information content (AvgIpc) is 2.49. The van der Waals surface area contributed by atoms with Crippen molar-refractivity contribution >= 4 is 5.97 Å². The maximum absolute atomic E-state index is 12.5. The minimum atomic E-state index is -4.39. The van der Waals surface area contributed by atoms with Crippen molar-refractivity contribution in [2.75, 3.05) is 0 Å². The van der Waals surface area contributed by atoms with E-state index in [2.05, 4.69) is 0 Å². The molecule has 2 aromatic carbocycles. The number of carboxylic acid groups (broad SMARTS) is 1. The molecule has 1 unspecified atom stereocenters. The maximum atomic E-state index is 12.5. The van der Waals surface area contributed by atoms with E-state index in [-0.39, 0.29) is 5.75 Å². The molecule has 0 aliphatic rings. The maximum Gasteiger partial charge on any atom is 0.416 e. The Morgan fingerprint density at radius 2 is 1.39 bits per heavy atom. The normalized spacial score (nSPS) is 12.5. The van der Waals surface area contributed by atoms with E-state index in [9.17, 15) is 18.0 Å². The predicted molar refractivity (Wildman–Crippen MR) is 75.7 cm³/mol. The fraction of sp³-hybridized carbons (Fsp3) is 0.188. The second kappa shape index (κ2) is 6.60. The third-order valence-corrected chi connectivity index (χ3v) is 2.90. The summed E-state index contributed by atoms with van der Waals surface area (Å²) in [6.45, 7) is 1.40. The summed E-state index contributed by atoms with van der Waals surface area (Å²) in [6, 6.07) is 10.4. The zero-order valence-corrected chi connectivity index (χ0v) is 12.0. The average molecular weight is 326 g/mol. The van der Waals surface area contributed by atoms with Gasteiger partial charge in [-0.2, -0.15) is 13.2 Å². The smallest absolute Gasteiger partial charge is 0.416 e. The number of hydrogen-bond donors (Lipinski definition) is 1. The molecular formula is C16H13F3O4. The molecule has 0 amide bonds. The third-order valence-electron chi connectivity index (χ3n) is 2.90. The molecule has 0 fully saturated rings. The van der Waals surface area contributed by atoms with Gasteiger partial charge in [-0.3, -0.25) is 0 Å². The van der Waals surface area contributed by atoms with E-state index < -0.39 is 23.8 Å².